The number of aromatic nitrogens is 4. The van der Waals surface area contributed by atoms with Gasteiger partial charge in [-0.3, -0.25) is 4.68 Å². The molecule has 0 atom stereocenters. The number of hydrogen-bond acceptors (Lipinski definition) is 4. The average Bonchev–Trinajstić information content (AvgIpc) is 2.98. The van der Waals surface area contributed by atoms with E-state index in [4.69, 9.17) is 9.31 Å². The van der Waals surface area contributed by atoms with Crippen molar-refractivity contribution in [2.75, 3.05) is 0 Å². The minimum Gasteiger partial charge on any atom is -0.399 e. The molecule has 0 aliphatic carbocycles. The summed E-state index contributed by atoms with van der Waals surface area (Å²) in [6.07, 6.45) is 7.36. The van der Waals surface area contributed by atoms with Gasteiger partial charge in [0.1, 0.15) is 5.69 Å². The molecule has 20 heavy (non-hydrogen) atoms. The van der Waals surface area contributed by atoms with E-state index < -0.39 is 0 Å². The Balaban J connectivity index is 1.85. The fourth-order valence-electron chi connectivity index (χ4n) is 2.11. The standard InChI is InChI=1S/C13H19BN4O2/c1-12(2)13(3,4)20-14(19-12)10-6-16-18(8-10)11-7-15-17(5)9-11/h6-9H,1-5H3. The summed E-state index contributed by atoms with van der Waals surface area (Å²) in [5.41, 5.74) is 1.14. The lowest BCUT2D eigenvalue weighted by molar-refractivity contribution is 0.00578. The molecule has 1 aliphatic heterocycles. The molecule has 0 spiro atoms. The predicted molar refractivity (Wildman–Crippen MR) is 76.0 cm³/mol. The molecule has 2 aromatic heterocycles. The number of nitrogens with zero attached hydrogens (tertiary/aromatic N) is 4. The van der Waals surface area contributed by atoms with E-state index >= 15 is 0 Å². The first-order valence-corrected chi connectivity index (χ1v) is 6.68. The fraction of sp³-hybridized carbons (Fsp3) is 0.538. The van der Waals surface area contributed by atoms with Crippen molar-refractivity contribution in [3.8, 4) is 5.69 Å². The normalized spacial score (nSPS) is 20.6. The Morgan fingerprint density at radius 3 is 2.20 bits per heavy atom. The number of aryl methyl sites for hydroxylation is 1. The second-order valence-electron chi connectivity index (χ2n) is 6.18. The predicted octanol–water partition coefficient (Wildman–Crippen LogP) is 0.905. The van der Waals surface area contributed by atoms with E-state index in [1.807, 2.05) is 47.1 Å². The van der Waals surface area contributed by atoms with E-state index in [1.54, 1.807) is 21.8 Å². The van der Waals surface area contributed by atoms with Crippen molar-refractivity contribution >= 4 is 12.6 Å². The summed E-state index contributed by atoms with van der Waals surface area (Å²) in [6, 6.07) is 0. The van der Waals surface area contributed by atoms with Crippen molar-refractivity contribution in [1.29, 1.82) is 0 Å². The monoisotopic (exact) mass is 274 g/mol. The molecule has 2 aromatic rings. The van der Waals surface area contributed by atoms with Crippen LogP contribution in [0.5, 0.6) is 0 Å². The lowest BCUT2D eigenvalue weighted by atomic mass is 9.82. The first-order chi connectivity index (χ1) is 9.28. The van der Waals surface area contributed by atoms with Gasteiger partial charge in [-0.1, -0.05) is 0 Å². The molecule has 1 fully saturated rings. The molecule has 0 aromatic carbocycles. The van der Waals surface area contributed by atoms with Gasteiger partial charge in [0.15, 0.2) is 0 Å². The highest BCUT2D eigenvalue weighted by molar-refractivity contribution is 6.62. The molecule has 1 aliphatic rings. The molecule has 0 N–H and O–H groups in total. The summed E-state index contributed by atoms with van der Waals surface area (Å²) in [6.45, 7) is 8.16. The largest absolute Gasteiger partial charge is 0.498 e. The van der Waals surface area contributed by atoms with Crippen molar-refractivity contribution in [2.45, 2.75) is 38.9 Å². The minimum absolute atomic E-state index is 0.339. The summed E-state index contributed by atoms with van der Waals surface area (Å²) in [5, 5.41) is 8.48. The Morgan fingerprint density at radius 2 is 1.65 bits per heavy atom. The van der Waals surface area contributed by atoms with Gasteiger partial charge < -0.3 is 9.31 Å². The summed E-state index contributed by atoms with van der Waals surface area (Å²) >= 11 is 0. The van der Waals surface area contributed by atoms with E-state index in [1.165, 1.54) is 0 Å². The molecule has 0 radical (unpaired) electrons. The molecule has 1 saturated heterocycles. The van der Waals surface area contributed by atoms with Gasteiger partial charge in [-0.25, -0.2) is 4.68 Å². The zero-order valence-electron chi connectivity index (χ0n) is 12.5. The summed E-state index contributed by atoms with van der Waals surface area (Å²) < 4.78 is 15.5. The van der Waals surface area contributed by atoms with Gasteiger partial charge in [0.05, 0.1) is 23.6 Å². The topological polar surface area (TPSA) is 54.1 Å². The van der Waals surface area contributed by atoms with E-state index in [2.05, 4.69) is 10.2 Å². The molecular formula is C13H19BN4O2. The fourth-order valence-corrected chi connectivity index (χ4v) is 2.11. The van der Waals surface area contributed by atoms with Gasteiger partial charge >= 0.3 is 7.12 Å². The second kappa shape index (κ2) is 4.20. The van der Waals surface area contributed by atoms with Crippen LogP contribution < -0.4 is 5.46 Å². The molecule has 7 heteroatoms. The van der Waals surface area contributed by atoms with Crippen LogP contribution >= 0.6 is 0 Å². The Bertz CT molecular complexity index is 616. The zero-order chi connectivity index (χ0) is 14.5. The third-order valence-electron chi connectivity index (χ3n) is 4.08. The summed E-state index contributed by atoms with van der Waals surface area (Å²) in [4.78, 5) is 0. The van der Waals surface area contributed by atoms with Crippen LogP contribution in [0.3, 0.4) is 0 Å². The average molecular weight is 274 g/mol. The van der Waals surface area contributed by atoms with Gasteiger partial charge in [-0.15, -0.1) is 0 Å². The van der Waals surface area contributed by atoms with Crippen molar-refractivity contribution < 1.29 is 9.31 Å². The number of hydrogen-bond donors (Lipinski definition) is 0. The highest BCUT2D eigenvalue weighted by Gasteiger charge is 2.52. The molecule has 0 amide bonds. The smallest absolute Gasteiger partial charge is 0.399 e. The molecule has 106 valence electrons. The van der Waals surface area contributed by atoms with Gasteiger partial charge in [-0.2, -0.15) is 10.2 Å². The van der Waals surface area contributed by atoms with Crippen LogP contribution in [0.2, 0.25) is 0 Å². The van der Waals surface area contributed by atoms with Gasteiger partial charge in [-0.05, 0) is 27.7 Å². The highest BCUT2D eigenvalue weighted by atomic mass is 16.7. The van der Waals surface area contributed by atoms with E-state index in [9.17, 15) is 0 Å². The molecule has 0 saturated carbocycles. The molecular weight excluding hydrogens is 255 g/mol. The lowest BCUT2D eigenvalue weighted by Crippen LogP contribution is -2.41. The third-order valence-corrected chi connectivity index (χ3v) is 4.08. The third kappa shape index (κ3) is 2.07. The maximum absolute atomic E-state index is 6.01. The molecule has 3 heterocycles. The molecule has 6 nitrogen and oxygen atoms in total. The molecule has 0 bridgehead atoms. The van der Waals surface area contributed by atoms with E-state index in [0.717, 1.165) is 11.2 Å². The van der Waals surface area contributed by atoms with E-state index in [-0.39, 0.29) is 18.3 Å². The first-order valence-electron chi connectivity index (χ1n) is 6.68. The van der Waals surface area contributed by atoms with E-state index in [0.29, 0.717) is 0 Å². The number of rotatable bonds is 2. The van der Waals surface area contributed by atoms with Crippen molar-refractivity contribution in [2.24, 2.45) is 7.05 Å². The summed E-state index contributed by atoms with van der Waals surface area (Å²) in [7, 11) is 1.49. The van der Waals surface area contributed by atoms with Crippen LogP contribution in [0.4, 0.5) is 0 Å². The Hall–Kier alpha value is -1.60. The molecule has 3 rings (SSSR count). The highest BCUT2D eigenvalue weighted by Crippen LogP contribution is 2.36. The first kappa shape index (κ1) is 13.4. The van der Waals surface area contributed by atoms with Crippen LogP contribution in [-0.4, -0.2) is 37.9 Å². The van der Waals surface area contributed by atoms with Gasteiger partial charge in [0, 0.05) is 24.9 Å². The maximum atomic E-state index is 6.01. The van der Waals surface area contributed by atoms with Crippen LogP contribution in [0, 0.1) is 0 Å². The van der Waals surface area contributed by atoms with Crippen molar-refractivity contribution in [3.63, 3.8) is 0 Å². The SMILES string of the molecule is Cn1cc(-n2cc(B3OC(C)(C)C(C)(C)O3)cn2)cn1. The Kier molecular flexibility index (Phi) is 2.81. The van der Waals surface area contributed by atoms with Crippen LogP contribution in [0.15, 0.2) is 24.8 Å². The zero-order valence-corrected chi connectivity index (χ0v) is 12.5. The Labute approximate surface area is 118 Å². The maximum Gasteiger partial charge on any atom is 0.498 e. The molecule has 0 unspecified atom stereocenters. The summed E-state index contributed by atoms with van der Waals surface area (Å²) in [5.74, 6) is 0. The second-order valence-corrected chi connectivity index (χ2v) is 6.18. The van der Waals surface area contributed by atoms with Gasteiger partial charge in [0.2, 0.25) is 0 Å². The van der Waals surface area contributed by atoms with Crippen molar-refractivity contribution in [3.05, 3.63) is 24.8 Å². The quantitative estimate of drug-likeness (QED) is 0.764. The van der Waals surface area contributed by atoms with Crippen LogP contribution in [0.25, 0.3) is 5.69 Å². The van der Waals surface area contributed by atoms with Crippen LogP contribution in [-0.2, 0) is 16.4 Å². The lowest BCUT2D eigenvalue weighted by Gasteiger charge is -2.32. The van der Waals surface area contributed by atoms with Crippen molar-refractivity contribution in [1.82, 2.24) is 19.6 Å². The van der Waals surface area contributed by atoms with Gasteiger partial charge in [0.25, 0.3) is 0 Å². The van der Waals surface area contributed by atoms with Crippen LogP contribution in [0.1, 0.15) is 27.7 Å². The Morgan fingerprint density at radius 1 is 1.00 bits per heavy atom. The minimum atomic E-state index is -0.384.